The van der Waals surface area contributed by atoms with Gasteiger partial charge in [0.15, 0.2) is 0 Å². The first-order chi connectivity index (χ1) is 22.7. The molecular formula is C36H43N5O7. The number of hydrogen-bond donors (Lipinski definition) is 5. The maximum Gasteiger partial charge on any atom is 0.254 e. The van der Waals surface area contributed by atoms with Crippen LogP contribution in [0.15, 0.2) is 72.8 Å². The minimum absolute atomic E-state index is 0.0281. The van der Waals surface area contributed by atoms with E-state index in [2.05, 4.69) is 16.0 Å². The molecule has 5 N–H and O–H groups in total. The highest BCUT2D eigenvalue weighted by molar-refractivity contribution is 6.07. The largest absolute Gasteiger partial charge is 0.508 e. The number of amides is 5. The predicted octanol–water partition coefficient (Wildman–Crippen LogP) is 2.84. The van der Waals surface area contributed by atoms with Crippen LogP contribution in [0.25, 0.3) is 0 Å². The van der Waals surface area contributed by atoms with Crippen molar-refractivity contribution in [2.24, 2.45) is 5.92 Å². The topological polar surface area (TPSA) is 168 Å². The first-order valence-electron chi connectivity index (χ1n) is 15.9. The molecule has 1 aliphatic heterocycles. The van der Waals surface area contributed by atoms with Crippen molar-refractivity contribution < 1.29 is 34.2 Å². The lowest BCUT2D eigenvalue weighted by atomic mass is 9.98. The molecule has 0 radical (unpaired) electrons. The number of rotatable bonds is 6. The van der Waals surface area contributed by atoms with E-state index in [-0.39, 0.29) is 47.9 Å². The van der Waals surface area contributed by atoms with Crippen molar-refractivity contribution in [2.45, 2.75) is 64.2 Å². The molecule has 0 saturated heterocycles. The fourth-order valence-electron chi connectivity index (χ4n) is 5.68. The lowest BCUT2D eigenvalue weighted by Crippen LogP contribution is -2.59. The van der Waals surface area contributed by atoms with Gasteiger partial charge in [0.25, 0.3) is 5.91 Å². The second kappa shape index (κ2) is 15.5. The van der Waals surface area contributed by atoms with Gasteiger partial charge in [-0.25, -0.2) is 0 Å². The highest BCUT2D eigenvalue weighted by Gasteiger charge is 2.37. The van der Waals surface area contributed by atoms with Crippen LogP contribution in [0.4, 0.5) is 5.69 Å². The lowest BCUT2D eigenvalue weighted by molar-refractivity contribution is -0.143. The number of phenols is 2. The van der Waals surface area contributed by atoms with Crippen molar-refractivity contribution >= 4 is 35.2 Å². The summed E-state index contributed by atoms with van der Waals surface area (Å²) in [6, 6.07) is 14.6. The zero-order valence-corrected chi connectivity index (χ0v) is 27.8. The van der Waals surface area contributed by atoms with Gasteiger partial charge in [-0.1, -0.05) is 50.2 Å². The van der Waals surface area contributed by atoms with E-state index in [1.807, 2.05) is 13.8 Å². The molecule has 3 aromatic carbocycles. The van der Waals surface area contributed by atoms with Gasteiger partial charge in [-0.05, 0) is 66.8 Å². The summed E-state index contributed by atoms with van der Waals surface area (Å²) in [6.07, 6.45) is 0.381. The Labute approximate surface area is 280 Å². The number of anilines is 1. The average Bonchev–Trinajstić information content (AvgIpc) is 3.05. The van der Waals surface area contributed by atoms with E-state index in [9.17, 15) is 34.2 Å². The highest BCUT2D eigenvalue weighted by Crippen LogP contribution is 2.21. The van der Waals surface area contributed by atoms with E-state index >= 15 is 0 Å². The standard InChI is InChI=1S/C36H43N5O7/c1-21(2)18-29-36(48)41(5)31(20-24-12-16-26(43)17-13-24)33(45)38-28-9-7-6-8-27(28)32(44)37-22(3)35(47)40(4)30(34(46)39-29)19-23-10-14-25(42)15-11-23/h6-17,21-22,29-31,42-43H,18-20H2,1-5H3,(H,37,44)(H,38,45)(H,39,46)/t22-,29-,30-,31-/m0/s1. The number of nitrogens with zero attached hydrogens (tertiary/aromatic N) is 2. The number of fused-ring (bicyclic) bond motifs is 1. The molecular weight excluding hydrogens is 614 g/mol. The molecule has 48 heavy (non-hydrogen) atoms. The second-order valence-electron chi connectivity index (χ2n) is 12.6. The molecule has 4 rings (SSSR count). The Balaban J connectivity index is 1.81. The van der Waals surface area contributed by atoms with E-state index in [1.54, 1.807) is 42.5 Å². The van der Waals surface area contributed by atoms with Crippen LogP contribution in [-0.4, -0.2) is 87.8 Å². The third kappa shape index (κ3) is 8.69. The SMILES string of the molecule is CC(C)C[C@@H]1NC(=O)[C@H](Cc2ccc(O)cc2)N(C)C(=O)[C@H](C)NC(=O)c2ccccc2NC(=O)[C@H](Cc2ccc(O)cc2)N(C)C1=O. The molecule has 254 valence electrons. The predicted molar refractivity (Wildman–Crippen MR) is 180 cm³/mol. The Bertz CT molecular complexity index is 1640. The van der Waals surface area contributed by atoms with Crippen molar-refractivity contribution in [3.8, 4) is 11.5 Å². The Morgan fingerprint density at radius 3 is 1.73 bits per heavy atom. The summed E-state index contributed by atoms with van der Waals surface area (Å²) in [6.45, 7) is 5.32. The van der Waals surface area contributed by atoms with Gasteiger partial charge in [-0.3, -0.25) is 24.0 Å². The highest BCUT2D eigenvalue weighted by atomic mass is 16.3. The summed E-state index contributed by atoms with van der Waals surface area (Å²) in [7, 11) is 2.95. The first-order valence-corrected chi connectivity index (χ1v) is 15.9. The fraction of sp³-hybridized carbons (Fsp3) is 0.361. The molecule has 0 spiro atoms. The lowest BCUT2D eigenvalue weighted by Gasteiger charge is -2.34. The van der Waals surface area contributed by atoms with Gasteiger partial charge in [0, 0.05) is 26.9 Å². The fourth-order valence-corrected chi connectivity index (χ4v) is 5.68. The molecule has 0 aromatic heterocycles. The third-order valence-electron chi connectivity index (χ3n) is 8.44. The summed E-state index contributed by atoms with van der Waals surface area (Å²) in [5.41, 5.74) is 1.62. The smallest absolute Gasteiger partial charge is 0.254 e. The molecule has 0 bridgehead atoms. The van der Waals surface area contributed by atoms with Crippen molar-refractivity contribution in [1.82, 2.24) is 20.4 Å². The summed E-state index contributed by atoms with van der Waals surface area (Å²) in [5.74, 6) is -2.79. The number of para-hydroxylation sites is 1. The minimum atomic E-state index is -1.09. The van der Waals surface area contributed by atoms with E-state index in [4.69, 9.17) is 0 Å². The van der Waals surface area contributed by atoms with E-state index in [1.165, 1.54) is 61.2 Å². The second-order valence-corrected chi connectivity index (χ2v) is 12.6. The summed E-state index contributed by atoms with van der Waals surface area (Å²) in [4.78, 5) is 72.0. The summed E-state index contributed by atoms with van der Waals surface area (Å²) < 4.78 is 0. The Morgan fingerprint density at radius 2 is 1.19 bits per heavy atom. The molecule has 0 saturated carbocycles. The van der Waals surface area contributed by atoms with Gasteiger partial charge in [0.1, 0.15) is 35.7 Å². The van der Waals surface area contributed by atoms with Crippen LogP contribution in [0, 0.1) is 5.92 Å². The number of carbonyl (C=O) groups excluding carboxylic acids is 5. The maximum atomic E-state index is 14.2. The van der Waals surface area contributed by atoms with Crippen LogP contribution in [0.3, 0.4) is 0 Å². The van der Waals surface area contributed by atoms with Crippen LogP contribution in [0.1, 0.15) is 48.7 Å². The number of nitrogens with one attached hydrogen (secondary N) is 3. The number of benzene rings is 3. The van der Waals surface area contributed by atoms with E-state index in [0.717, 1.165) is 0 Å². The molecule has 1 aliphatic rings. The van der Waals surface area contributed by atoms with Crippen LogP contribution in [-0.2, 0) is 32.0 Å². The monoisotopic (exact) mass is 657 g/mol. The molecule has 12 nitrogen and oxygen atoms in total. The number of hydrogen-bond acceptors (Lipinski definition) is 7. The zero-order chi connectivity index (χ0) is 35.1. The third-order valence-corrected chi connectivity index (χ3v) is 8.44. The number of carbonyl (C=O) groups is 5. The van der Waals surface area contributed by atoms with Gasteiger partial charge in [0.05, 0.1) is 11.3 Å². The van der Waals surface area contributed by atoms with Crippen molar-refractivity contribution in [2.75, 3.05) is 19.4 Å². The Hall–Kier alpha value is -5.39. The molecule has 5 amide bonds. The molecule has 1 heterocycles. The van der Waals surface area contributed by atoms with Gasteiger partial charge in [0.2, 0.25) is 23.6 Å². The van der Waals surface area contributed by atoms with Crippen LogP contribution >= 0.6 is 0 Å². The Morgan fingerprint density at radius 1 is 0.688 bits per heavy atom. The van der Waals surface area contributed by atoms with Gasteiger partial charge in [-0.2, -0.15) is 0 Å². The zero-order valence-electron chi connectivity index (χ0n) is 27.8. The van der Waals surface area contributed by atoms with Crippen molar-refractivity contribution in [3.63, 3.8) is 0 Å². The van der Waals surface area contributed by atoms with Gasteiger partial charge >= 0.3 is 0 Å². The quantitative estimate of drug-likeness (QED) is 0.272. The minimum Gasteiger partial charge on any atom is -0.508 e. The first kappa shape index (κ1) is 35.5. The number of likely N-dealkylation sites (N-methyl/N-ethyl adjacent to an activating group) is 2. The van der Waals surface area contributed by atoms with Crippen LogP contribution < -0.4 is 16.0 Å². The molecule has 0 unspecified atom stereocenters. The van der Waals surface area contributed by atoms with E-state index < -0.39 is 53.7 Å². The number of phenolic OH excluding ortho intramolecular Hbond substituents is 2. The van der Waals surface area contributed by atoms with Gasteiger partial charge in [-0.15, -0.1) is 0 Å². The number of aromatic hydroxyl groups is 2. The average molecular weight is 658 g/mol. The molecule has 0 aliphatic carbocycles. The van der Waals surface area contributed by atoms with Crippen molar-refractivity contribution in [1.29, 1.82) is 0 Å². The van der Waals surface area contributed by atoms with Crippen molar-refractivity contribution in [3.05, 3.63) is 89.5 Å². The molecule has 4 atom stereocenters. The Kier molecular flexibility index (Phi) is 11.4. The molecule has 0 fully saturated rings. The normalized spacial score (nSPS) is 21.4. The molecule has 3 aromatic rings. The van der Waals surface area contributed by atoms with Gasteiger partial charge < -0.3 is 36.0 Å². The van der Waals surface area contributed by atoms with Crippen LogP contribution in [0.5, 0.6) is 11.5 Å². The summed E-state index contributed by atoms with van der Waals surface area (Å²) >= 11 is 0. The van der Waals surface area contributed by atoms with E-state index in [0.29, 0.717) is 11.1 Å². The van der Waals surface area contributed by atoms with Crippen LogP contribution in [0.2, 0.25) is 0 Å². The molecule has 12 heteroatoms. The summed E-state index contributed by atoms with van der Waals surface area (Å²) in [5, 5.41) is 28.0. The maximum absolute atomic E-state index is 14.2.